The molecule has 0 aliphatic rings. The van der Waals surface area contributed by atoms with Crippen LogP contribution in [0.2, 0.25) is 0 Å². The number of nitrogens with zero attached hydrogens (tertiary/aromatic N) is 1. The largest absolute Gasteiger partial charge is 0.380 e. The lowest BCUT2D eigenvalue weighted by Gasteiger charge is -2.38. The van der Waals surface area contributed by atoms with E-state index in [-0.39, 0.29) is 11.9 Å². The van der Waals surface area contributed by atoms with E-state index >= 15 is 0 Å². The van der Waals surface area contributed by atoms with Gasteiger partial charge in [-0.1, -0.05) is 91.0 Å². The molecule has 2 amide bonds. The molecule has 0 aromatic heterocycles. The van der Waals surface area contributed by atoms with Crippen LogP contribution in [0.25, 0.3) is 0 Å². The van der Waals surface area contributed by atoms with Crippen molar-refractivity contribution in [2.45, 2.75) is 17.9 Å². The van der Waals surface area contributed by atoms with Crippen molar-refractivity contribution in [3.8, 4) is 0 Å². The number of carbonyl (C=O) groups is 1. The molecule has 4 nitrogen and oxygen atoms in total. The lowest BCUT2D eigenvalue weighted by molar-refractivity contribution is 0.0461. The van der Waals surface area contributed by atoms with Gasteiger partial charge in [-0.25, -0.2) is 4.79 Å². The average Bonchev–Trinajstić information content (AvgIpc) is 2.78. The van der Waals surface area contributed by atoms with Crippen LogP contribution in [0.3, 0.4) is 0 Å². The molecule has 0 radical (unpaired) electrons. The lowest BCUT2D eigenvalue weighted by Crippen LogP contribution is -2.39. The second-order valence-corrected chi connectivity index (χ2v) is 7.38. The second kappa shape index (κ2) is 9.39. The second-order valence-electron chi connectivity index (χ2n) is 7.38. The topological polar surface area (TPSA) is 52.6 Å². The van der Waals surface area contributed by atoms with Crippen molar-refractivity contribution in [2.24, 2.45) is 0 Å². The fraction of sp³-hybridized carbons (Fsp3) is 0.240. The van der Waals surface area contributed by atoms with Crippen LogP contribution in [0.4, 0.5) is 4.79 Å². The summed E-state index contributed by atoms with van der Waals surface area (Å²) in [6.07, 6.45) is 0.587. The Morgan fingerprint density at radius 3 is 1.76 bits per heavy atom. The van der Waals surface area contributed by atoms with Gasteiger partial charge in [-0.3, -0.25) is 0 Å². The Bertz CT molecular complexity index is 856. The van der Waals surface area contributed by atoms with Crippen molar-refractivity contribution in [3.63, 3.8) is 0 Å². The molecule has 1 atom stereocenters. The normalized spacial score (nSPS) is 12.2. The highest BCUT2D eigenvalue weighted by atomic mass is 16.3. The molecule has 0 spiro atoms. The molecule has 0 aliphatic heterocycles. The number of amides is 2. The highest BCUT2D eigenvalue weighted by Crippen LogP contribution is 2.44. The summed E-state index contributed by atoms with van der Waals surface area (Å²) < 4.78 is 0. The molecule has 3 aromatic carbocycles. The fourth-order valence-corrected chi connectivity index (χ4v) is 3.74. The molecular formula is C25H28N2O2. The summed E-state index contributed by atoms with van der Waals surface area (Å²) in [5.74, 6) is -0.240. The van der Waals surface area contributed by atoms with Gasteiger partial charge in [-0.15, -0.1) is 0 Å². The lowest BCUT2D eigenvalue weighted by atomic mass is 9.71. The number of hydrogen-bond donors (Lipinski definition) is 2. The Balaban J connectivity index is 2.05. The molecule has 3 aromatic rings. The minimum Gasteiger partial charge on any atom is -0.380 e. The number of nitrogens with one attached hydrogen (secondary N) is 1. The monoisotopic (exact) mass is 388 g/mol. The van der Waals surface area contributed by atoms with Crippen LogP contribution < -0.4 is 5.32 Å². The summed E-state index contributed by atoms with van der Waals surface area (Å²) in [7, 11) is 3.43. The van der Waals surface area contributed by atoms with Crippen molar-refractivity contribution in [3.05, 3.63) is 108 Å². The summed E-state index contributed by atoms with van der Waals surface area (Å²) in [6, 6.07) is 29.4. The fourth-order valence-electron chi connectivity index (χ4n) is 3.74. The summed E-state index contributed by atoms with van der Waals surface area (Å²) in [6.45, 7) is 0.457. The first kappa shape index (κ1) is 20.6. The quantitative estimate of drug-likeness (QED) is 0.632. The first-order valence-electron chi connectivity index (χ1n) is 9.87. The molecule has 0 heterocycles. The molecule has 3 rings (SSSR count). The summed E-state index contributed by atoms with van der Waals surface area (Å²) in [5.41, 5.74) is 1.46. The van der Waals surface area contributed by atoms with E-state index in [1.54, 1.807) is 14.1 Å². The van der Waals surface area contributed by atoms with Crippen LogP contribution in [0.1, 0.15) is 29.0 Å². The number of aliphatic hydroxyl groups is 1. The van der Waals surface area contributed by atoms with E-state index < -0.39 is 5.60 Å². The van der Waals surface area contributed by atoms with Crippen molar-refractivity contribution in [1.82, 2.24) is 10.2 Å². The smallest absolute Gasteiger partial charge is 0.316 e. The van der Waals surface area contributed by atoms with Gasteiger partial charge in [0.2, 0.25) is 0 Å². The van der Waals surface area contributed by atoms with Gasteiger partial charge in [0.15, 0.2) is 0 Å². The van der Waals surface area contributed by atoms with Crippen LogP contribution in [0.5, 0.6) is 0 Å². The molecule has 1 unspecified atom stereocenters. The van der Waals surface area contributed by atoms with E-state index in [2.05, 4.69) is 5.32 Å². The maximum Gasteiger partial charge on any atom is 0.316 e. The third-order valence-electron chi connectivity index (χ3n) is 5.25. The molecule has 0 saturated carbocycles. The third-order valence-corrected chi connectivity index (χ3v) is 5.25. The first-order valence-corrected chi connectivity index (χ1v) is 9.87. The minimum atomic E-state index is -1.23. The van der Waals surface area contributed by atoms with Crippen molar-refractivity contribution >= 4 is 6.03 Å². The van der Waals surface area contributed by atoms with E-state index in [4.69, 9.17) is 0 Å². The van der Waals surface area contributed by atoms with Crippen molar-refractivity contribution in [1.29, 1.82) is 0 Å². The Labute approximate surface area is 172 Å². The molecular weight excluding hydrogens is 360 g/mol. The Morgan fingerprint density at radius 2 is 1.31 bits per heavy atom. The van der Waals surface area contributed by atoms with Crippen LogP contribution in [0, 0.1) is 0 Å². The van der Waals surface area contributed by atoms with Gasteiger partial charge in [0.25, 0.3) is 0 Å². The number of carbonyl (C=O) groups excluding carboxylic acids is 1. The minimum absolute atomic E-state index is 0.139. The zero-order valence-corrected chi connectivity index (χ0v) is 17.0. The van der Waals surface area contributed by atoms with Crippen molar-refractivity contribution in [2.75, 3.05) is 20.6 Å². The van der Waals surface area contributed by atoms with Gasteiger partial charge < -0.3 is 15.3 Å². The molecule has 150 valence electrons. The maximum absolute atomic E-state index is 12.2. The molecule has 4 heteroatoms. The Hall–Kier alpha value is -3.11. The predicted octanol–water partition coefficient (Wildman–Crippen LogP) is 4.37. The zero-order chi connectivity index (χ0) is 20.7. The van der Waals surface area contributed by atoms with E-state index in [1.807, 2.05) is 91.0 Å². The van der Waals surface area contributed by atoms with E-state index in [1.165, 1.54) is 4.90 Å². The Kier molecular flexibility index (Phi) is 6.68. The van der Waals surface area contributed by atoms with Crippen LogP contribution in [-0.2, 0) is 5.60 Å². The molecule has 0 fully saturated rings. The van der Waals surface area contributed by atoms with Crippen LogP contribution >= 0.6 is 0 Å². The summed E-state index contributed by atoms with van der Waals surface area (Å²) >= 11 is 0. The number of rotatable bonds is 7. The van der Waals surface area contributed by atoms with Gasteiger partial charge in [-0.05, 0) is 23.1 Å². The zero-order valence-electron chi connectivity index (χ0n) is 17.0. The third kappa shape index (κ3) is 4.66. The van der Waals surface area contributed by atoms with Gasteiger partial charge in [0.05, 0.1) is 0 Å². The van der Waals surface area contributed by atoms with Crippen LogP contribution in [0.15, 0.2) is 91.0 Å². The number of urea groups is 1. The average molecular weight is 389 g/mol. The molecule has 0 bridgehead atoms. The number of benzene rings is 3. The van der Waals surface area contributed by atoms with Gasteiger partial charge in [-0.2, -0.15) is 0 Å². The number of hydrogen-bond acceptors (Lipinski definition) is 2. The SMILES string of the molecule is CN(C)C(=O)NCCC(c1ccccc1)C(O)(c1ccccc1)c1ccccc1. The van der Waals surface area contributed by atoms with E-state index in [0.29, 0.717) is 13.0 Å². The maximum atomic E-state index is 12.2. The highest BCUT2D eigenvalue weighted by molar-refractivity contribution is 5.73. The summed E-state index contributed by atoms with van der Waals surface area (Å²) in [4.78, 5) is 13.5. The molecule has 29 heavy (non-hydrogen) atoms. The Morgan fingerprint density at radius 1 is 0.862 bits per heavy atom. The molecule has 2 N–H and O–H groups in total. The van der Waals surface area contributed by atoms with E-state index in [0.717, 1.165) is 16.7 Å². The standard InChI is InChI=1S/C25H28N2O2/c1-27(2)24(28)26-19-18-23(20-12-6-3-7-13-20)25(29,21-14-8-4-9-15-21)22-16-10-5-11-17-22/h3-17,23,29H,18-19H2,1-2H3,(H,26,28). The first-order chi connectivity index (χ1) is 14.0. The highest BCUT2D eigenvalue weighted by Gasteiger charge is 2.40. The van der Waals surface area contributed by atoms with Crippen LogP contribution in [-0.4, -0.2) is 36.7 Å². The van der Waals surface area contributed by atoms with Gasteiger partial charge >= 0.3 is 6.03 Å². The van der Waals surface area contributed by atoms with Gasteiger partial charge in [0.1, 0.15) is 5.60 Å². The molecule has 0 aliphatic carbocycles. The van der Waals surface area contributed by atoms with Gasteiger partial charge in [0, 0.05) is 26.6 Å². The van der Waals surface area contributed by atoms with E-state index in [9.17, 15) is 9.90 Å². The van der Waals surface area contributed by atoms with Crippen molar-refractivity contribution < 1.29 is 9.90 Å². The predicted molar refractivity (Wildman–Crippen MR) is 117 cm³/mol. The summed E-state index contributed by atoms with van der Waals surface area (Å²) in [5, 5.41) is 15.2. The molecule has 0 saturated heterocycles.